The van der Waals surface area contributed by atoms with Gasteiger partial charge in [-0.25, -0.2) is 4.98 Å². The quantitative estimate of drug-likeness (QED) is 0.0581. The molecule has 1 aliphatic carbocycles. The summed E-state index contributed by atoms with van der Waals surface area (Å²) in [5.41, 5.74) is 24.8. The first-order chi connectivity index (χ1) is 30.0. The third-order valence-electron chi connectivity index (χ3n) is 12.9. The number of ether oxygens (including phenoxy) is 1. The van der Waals surface area contributed by atoms with Crippen LogP contribution in [0.5, 0.6) is 5.75 Å². The molecule has 4 aliphatic rings. The first-order valence-corrected chi connectivity index (χ1v) is 22.0. The Bertz CT molecular complexity index is 2300. The van der Waals surface area contributed by atoms with Gasteiger partial charge in [0.05, 0.1) is 23.7 Å². The van der Waals surface area contributed by atoms with Crippen molar-refractivity contribution >= 4 is 40.6 Å². The molecule has 2 unspecified atom stereocenters. The van der Waals surface area contributed by atoms with Crippen molar-refractivity contribution in [2.24, 2.45) is 23.1 Å². The number of hydrogen-bond acceptors (Lipinski definition) is 11. The van der Waals surface area contributed by atoms with E-state index in [4.69, 9.17) is 26.9 Å². The van der Waals surface area contributed by atoms with Crippen LogP contribution in [0.1, 0.15) is 97.0 Å². The Kier molecular flexibility index (Phi) is 13.0. The third kappa shape index (κ3) is 9.84. The van der Waals surface area contributed by atoms with Crippen LogP contribution in [0.2, 0.25) is 0 Å². The van der Waals surface area contributed by atoms with Crippen LogP contribution >= 0.6 is 0 Å². The number of nitrogens with zero attached hydrogens (tertiary/aromatic N) is 5. The van der Waals surface area contributed by atoms with Gasteiger partial charge in [-0.15, -0.1) is 0 Å². The zero-order chi connectivity index (χ0) is 43.3. The van der Waals surface area contributed by atoms with E-state index < -0.39 is 0 Å². The number of nitrogens with one attached hydrogen (secondary N) is 2. The molecule has 5 heterocycles. The highest BCUT2D eigenvalue weighted by Crippen LogP contribution is 2.45. The van der Waals surface area contributed by atoms with Crippen molar-refractivity contribution in [2.45, 2.75) is 76.0 Å². The van der Waals surface area contributed by atoms with Crippen molar-refractivity contribution in [2.75, 3.05) is 57.7 Å². The van der Waals surface area contributed by atoms with Crippen LogP contribution in [-0.4, -0.2) is 106 Å². The number of phenolic OH excluding ortho intramolecular Hbond substituents is 1. The maximum Gasteiger partial charge on any atom is 0.253 e. The summed E-state index contributed by atoms with van der Waals surface area (Å²) in [6.07, 6.45) is 12.6. The predicted molar refractivity (Wildman–Crippen MR) is 239 cm³/mol. The summed E-state index contributed by atoms with van der Waals surface area (Å²) in [4.78, 5) is 48.1. The molecule has 0 radical (unpaired) electrons. The number of pyridine rings is 1. The van der Waals surface area contributed by atoms with Gasteiger partial charge in [0.1, 0.15) is 23.3 Å². The summed E-state index contributed by atoms with van der Waals surface area (Å²) in [6, 6.07) is 17.0. The van der Waals surface area contributed by atoms with E-state index in [1.54, 1.807) is 36.5 Å². The number of carbonyl (C=O) groups excluding carboxylic acids is 3. The van der Waals surface area contributed by atoms with Crippen LogP contribution in [0.25, 0.3) is 16.7 Å². The summed E-state index contributed by atoms with van der Waals surface area (Å²) < 4.78 is 8.74. The number of likely N-dealkylation sites (tertiary alicyclic amines) is 2. The van der Waals surface area contributed by atoms with E-state index in [1.807, 2.05) is 36.1 Å². The van der Waals surface area contributed by atoms with Crippen LogP contribution in [0.3, 0.4) is 0 Å². The summed E-state index contributed by atoms with van der Waals surface area (Å²) in [5.74, 6) is 1.20. The van der Waals surface area contributed by atoms with E-state index >= 15 is 0 Å². The fraction of sp³-hybridized carbons (Fsp3) is 0.447. The van der Waals surface area contributed by atoms with E-state index in [9.17, 15) is 19.5 Å². The van der Waals surface area contributed by atoms with E-state index in [0.29, 0.717) is 72.1 Å². The number of fused-ring (bicyclic) bond motifs is 1. The number of para-hydroxylation sites is 1. The van der Waals surface area contributed by atoms with Gasteiger partial charge in [0.2, 0.25) is 12.3 Å². The second-order valence-corrected chi connectivity index (χ2v) is 17.4. The van der Waals surface area contributed by atoms with E-state index in [0.717, 1.165) is 75.0 Å². The van der Waals surface area contributed by atoms with Crippen LogP contribution in [0.15, 0.2) is 84.6 Å². The van der Waals surface area contributed by atoms with Crippen molar-refractivity contribution in [3.63, 3.8) is 0 Å². The average molecular weight is 845 g/mol. The van der Waals surface area contributed by atoms with Crippen LogP contribution in [0.4, 0.5) is 5.69 Å². The highest BCUT2D eigenvalue weighted by Gasteiger charge is 2.33. The second kappa shape index (κ2) is 18.9. The normalized spacial score (nSPS) is 20.6. The lowest BCUT2D eigenvalue weighted by atomic mass is 9.94. The van der Waals surface area contributed by atoms with Gasteiger partial charge < -0.3 is 56.9 Å². The number of carbonyl (C=O) groups is 3. The SMILES string of the molecule is CC1CN(C(/C=C(\N)c2ccccc2O)=C(N)N)CC(c2ccc(C(=O)N3CCC(CN4CCC(n5cc(C6CC6)c6cc(NC(=O)CCNC=O)cnc65)CC4)CC3)cc2)O1. The Morgan fingerprint density at radius 1 is 0.935 bits per heavy atom. The smallest absolute Gasteiger partial charge is 0.253 e. The maximum atomic E-state index is 13.7. The highest BCUT2D eigenvalue weighted by molar-refractivity contribution is 5.95. The molecule has 3 amide bonds. The fourth-order valence-electron chi connectivity index (χ4n) is 9.41. The largest absolute Gasteiger partial charge is 0.507 e. The molecular formula is C47H60N10O5. The van der Waals surface area contributed by atoms with Gasteiger partial charge in [-0.1, -0.05) is 24.3 Å². The van der Waals surface area contributed by atoms with Gasteiger partial charge >= 0.3 is 0 Å². The molecule has 9 N–H and O–H groups in total. The van der Waals surface area contributed by atoms with Crippen LogP contribution in [0, 0.1) is 5.92 Å². The van der Waals surface area contributed by atoms with Crippen LogP contribution < -0.4 is 27.8 Å². The van der Waals surface area contributed by atoms with Crippen molar-refractivity contribution in [1.29, 1.82) is 0 Å². The number of amides is 3. The molecular weight excluding hydrogens is 785 g/mol. The molecule has 4 fully saturated rings. The molecule has 2 aromatic heterocycles. The molecule has 4 aromatic rings. The summed E-state index contributed by atoms with van der Waals surface area (Å²) in [6.45, 7) is 7.93. The Labute approximate surface area is 362 Å². The number of piperidine rings is 2. The first kappa shape index (κ1) is 42.6. The molecule has 3 saturated heterocycles. The lowest BCUT2D eigenvalue weighted by molar-refractivity contribution is -0.116. The molecule has 0 bridgehead atoms. The van der Waals surface area contributed by atoms with Crippen molar-refractivity contribution in [3.05, 3.63) is 107 Å². The minimum atomic E-state index is -0.282. The van der Waals surface area contributed by atoms with Crippen molar-refractivity contribution < 1.29 is 24.2 Å². The Hall–Kier alpha value is -6.06. The number of nitrogens with two attached hydrogens (primary N) is 3. The topological polar surface area (TPSA) is 210 Å². The number of hydrogen-bond donors (Lipinski definition) is 6. The summed E-state index contributed by atoms with van der Waals surface area (Å²) in [7, 11) is 0. The zero-order valence-electron chi connectivity index (χ0n) is 35.5. The molecule has 15 heteroatoms. The minimum absolute atomic E-state index is 0.0563. The molecule has 1 saturated carbocycles. The Balaban J connectivity index is 0.818. The summed E-state index contributed by atoms with van der Waals surface area (Å²) >= 11 is 0. The van der Waals surface area contributed by atoms with E-state index in [1.165, 1.54) is 18.4 Å². The standard InChI is InChI=1S/C47H60N10O5/c1-30-25-56(41(45(49)50)23-40(48)37-4-2-3-5-42(37)59)28-43(62-30)33-8-10-34(11-9-33)47(61)55-20-13-31(14-21-55)26-54-18-15-36(16-19-54)57-27-39(32-6-7-32)38-22-35(24-52-46(38)57)53-44(60)12-17-51-29-58/h2-5,8-11,22-24,27,29-32,36,43,59H,6-7,12-21,25-26,28,48-50H2,1H3,(H,51,58)(H,53,60)/b40-23-. The summed E-state index contributed by atoms with van der Waals surface area (Å²) in [5, 5.41) is 16.9. The van der Waals surface area contributed by atoms with Gasteiger partial charge in [-0.3, -0.25) is 14.4 Å². The molecule has 0 spiro atoms. The number of morpholine rings is 1. The fourth-order valence-corrected chi connectivity index (χ4v) is 9.41. The third-order valence-corrected chi connectivity index (χ3v) is 12.9. The lowest BCUT2D eigenvalue weighted by Gasteiger charge is -2.39. The second-order valence-electron chi connectivity index (χ2n) is 17.4. The lowest BCUT2D eigenvalue weighted by Crippen LogP contribution is -2.43. The van der Waals surface area contributed by atoms with Crippen LogP contribution in [-0.2, 0) is 14.3 Å². The number of benzene rings is 2. The van der Waals surface area contributed by atoms with Gasteiger partial charge in [0, 0.05) is 93.2 Å². The molecule has 3 aliphatic heterocycles. The number of rotatable bonds is 14. The number of phenols is 1. The number of anilines is 1. The molecule has 328 valence electrons. The number of aromatic nitrogens is 2. The van der Waals surface area contributed by atoms with Gasteiger partial charge in [0.25, 0.3) is 5.91 Å². The van der Waals surface area contributed by atoms with Gasteiger partial charge in [0.15, 0.2) is 0 Å². The molecule has 15 nitrogen and oxygen atoms in total. The predicted octanol–water partition coefficient (Wildman–Crippen LogP) is 4.73. The number of aromatic hydroxyl groups is 1. The van der Waals surface area contributed by atoms with Crippen molar-refractivity contribution in [1.82, 2.24) is 29.6 Å². The minimum Gasteiger partial charge on any atom is -0.507 e. The molecule has 2 aromatic carbocycles. The van der Waals surface area contributed by atoms with E-state index in [2.05, 4.69) is 37.3 Å². The Morgan fingerprint density at radius 3 is 2.37 bits per heavy atom. The van der Waals surface area contributed by atoms with Crippen molar-refractivity contribution in [3.8, 4) is 5.75 Å². The monoisotopic (exact) mass is 844 g/mol. The first-order valence-electron chi connectivity index (χ1n) is 22.0. The Morgan fingerprint density at radius 2 is 1.68 bits per heavy atom. The van der Waals surface area contributed by atoms with E-state index in [-0.39, 0.29) is 42.0 Å². The molecule has 8 rings (SSSR count). The molecule has 62 heavy (non-hydrogen) atoms. The molecule has 2 atom stereocenters. The highest BCUT2D eigenvalue weighted by atomic mass is 16.5. The maximum absolute atomic E-state index is 13.7. The van der Waals surface area contributed by atoms with Gasteiger partial charge in [-0.2, -0.15) is 0 Å². The number of allylic oxidation sites excluding steroid dienone is 1. The zero-order valence-corrected chi connectivity index (χ0v) is 35.5. The van der Waals surface area contributed by atoms with Gasteiger partial charge in [-0.05, 0) is 105 Å². The average Bonchev–Trinajstić information content (AvgIpc) is 4.05.